The van der Waals surface area contributed by atoms with E-state index >= 15 is 0 Å². The quantitative estimate of drug-likeness (QED) is 0.405. The Hall–Kier alpha value is -1.49. The van der Waals surface area contributed by atoms with Gasteiger partial charge in [0.15, 0.2) is 5.96 Å². The van der Waals surface area contributed by atoms with E-state index in [0.29, 0.717) is 38.4 Å². The number of hydrogen-bond acceptors (Lipinski definition) is 4. The Labute approximate surface area is 173 Å². The number of guanidine groups is 1. The fraction of sp³-hybridized carbons (Fsp3) is 0.412. The SMILES string of the molecule is CN=C(NCc1scnc1C)N1CCN(c2cc(F)ccc2F)CC1.I. The highest BCUT2D eigenvalue weighted by Crippen LogP contribution is 2.22. The molecule has 1 saturated heterocycles. The Morgan fingerprint density at radius 2 is 2.00 bits per heavy atom. The predicted molar refractivity (Wildman–Crippen MR) is 113 cm³/mol. The number of benzene rings is 1. The van der Waals surface area contributed by atoms with E-state index in [0.717, 1.165) is 17.7 Å². The summed E-state index contributed by atoms with van der Waals surface area (Å²) < 4.78 is 27.3. The van der Waals surface area contributed by atoms with Crippen LogP contribution in [-0.2, 0) is 6.54 Å². The van der Waals surface area contributed by atoms with E-state index in [1.165, 1.54) is 17.0 Å². The molecular weight excluding hydrogens is 471 g/mol. The van der Waals surface area contributed by atoms with E-state index in [1.807, 2.05) is 17.3 Å². The molecule has 2 aromatic rings. The van der Waals surface area contributed by atoms with Crippen LogP contribution in [0.2, 0.25) is 0 Å². The molecular formula is C17H22F2IN5S. The summed E-state index contributed by atoms with van der Waals surface area (Å²) in [4.78, 5) is 13.8. The molecule has 1 fully saturated rings. The van der Waals surface area contributed by atoms with Gasteiger partial charge in [-0.15, -0.1) is 35.3 Å². The highest BCUT2D eigenvalue weighted by molar-refractivity contribution is 14.0. The van der Waals surface area contributed by atoms with Crippen molar-refractivity contribution in [3.63, 3.8) is 0 Å². The normalized spacial score (nSPS) is 15.0. The first kappa shape index (κ1) is 20.8. The van der Waals surface area contributed by atoms with Crippen molar-refractivity contribution in [1.29, 1.82) is 0 Å². The van der Waals surface area contributed by atoms with Gasteiger partial charge in [-0.2, -0.15) is 0 Å². The van der Waals surface area contributed by atoms with Crippen LogP contribution in [0.5, 0.6) is 0 Å². The minimum absolute atomic E-state index is 0. The van der Waals surface area contributed by atoms with Crippen LogP contribution in [-0.4, -0.2) is 49.1 Å². The lowest BCUT2D eigenvalue weighted by Gasteiger charge is -2.37. The molecule has 142 valence electrons. The van der Waals surface area contributed by atoms with Gasteiger partial charge >= 0.3 is 0 Å². The molecule has 1 aromatic heterocycles. The van der Waals surface area contributed by atoms with Crippen LogP contribution in [0.3, 0.4) is 0 Å². The third-order valence-electron chi connectivity index (χ3n) is 4.29. The van der Waals surface area contributed by atoms with E-state index in [4.69, 9.17) is 0 Å². The number of anilines is 1. The van der Waals surface area contributed by atoms with Crippen molar-refractivity contribution in [2.75, 3.05) is 38.1 Å². The second kappa shape index (κ2) is 9.45. The third kappa shape index (κ3) is 4.81. The lowest BCUT2D eigenvalue weighted by Crippen LogP contribution is -2.52. The number of aryl methyl sites for hydroxylation is 1. The third-order valence-corrected chi connectivity index (χ3v) is 5.23. The molecule has 0 unspecified atom stereocenters. The van der Waals surface area contributed by atoms with Gasteiger partial charge in [-0.1, -0.05) is 0 Å². The first-order chi connectivity index (χ1) is 12.1. The maximum atomic E-state index is 13.9. The number of nitrogens with zero attached hydrogens (tertiary/aromatic N) is 4. The van der Waals surface area contributed by atoms with Crippen LogP contribution in [0.25, 0.3) is 0 Å². The molecule has 1 aromatic carbocycles. The predicted octanol–water partition coefficient (Wildman–Crippen LogP) is 3.25. The Bertz CT molecular complexity index is 759. The van der Waals surface area contributed by atoms with Gasteiger partial charge in [0.05, 0.1) is 23.4 Å². The van der Waals surface area contributed by atoms with Crippen molar-refractivity contribution in [2.24, 2.45) is 4.99 Å². The van der Waals surface area contributed by atoms with Crippen molar-refractivity contribution >= 4 is 47.0 Å². The molecule has 26 heavy (non-hydrogen) atoms. The Kier molecular flexibility index (Phi) is 7.56. The largest absolute Gasteiger partial charge is 0.366 e. The lowest BCUT2D eigenvalue weighted by atomic mass is 10.2. The van der Waals surface area contributed by atoms with E-state index < -0.39 is 11.6 Å². The highest BCUT2D eigenvalue weighted by atomic mass is 127. The number of rotatable bonds is 3. The molecule has 3 rings (SSSR count). The van der Waals surface area contributed by atoms with Gasteiger partial charge in [-0.05, 0) is 19.1 Å². The molecule has 5 nitrogen and oxygen atoms in total. The molecule has 1 N–H and O–H groups in total. The van der Waals surface area contributed by atoms with E-state index in [1.54, 1.807) is 18.4 Å². The van der Waals surface area contributed by atoms with Crippen molar-refractivity contribution < 1.29 is 8.78 Å². The van der Waals surface area contributed by atoms with Crippen molar-refractivity contribution in [3.05, 3.63) is 45.9 Å². The summed E-state index contributed by atoms with van der Waals surface area (Å²) >= 11 is 1.62. The van der Waals surface area contributed by atoms with Gasteiger partial charge < -0.3 is 15.1 Å². The zero-order chi connectivity index (χ0) is 17.8. The van der Waals surface area contributed by atoms with Gasteiger partial charge in [-0.3, -0.25) is 4.99 Å². The fourth-order valence-corrected chi connectivity index (χ4v) is 3.59. The summed E-state index contributed by atoms with van der Waals surface area (Å²) in [5, 5.41) is 3.35. The van der Waals surface area contributed by atoms with Crippen LogP contribution in [0.1, 0.15) is 10.6 Å². The minimum atomic E-state index is -0.420. The van der Waals surface area contributed by atoms with Gasteiger partial charge in [0, 0.05) is 44.2 Å². The Balaban J connectivity index is 0.00000243. The van der Waals surface area contributed by atoms with Gasteiger partial charge in [0.1, 0.15) is 11.6 Å². The number of aliphatic imine (C=N–C) groups is 1. The Morgan fingerprint density at radius 1 is 1.27 bits per heavy atom. The molecule has 2 heterocycles. The van der Waals surface area contributed by atoms with Crippen LogP contribution < -0.4 is 10.2 Å². The number of halogens is 3. The number of nitrogens with one attached hydrogen (secondary N) is 1. The minimum Gasteiger partial charge on any atom is -0.366 e. The zero-order valence-corrected chi connectivity index (χ0v) is 17.9. The molecule has 0 bridgehead atoms. The van der Waals surface area contributed by atoms with Crippen molar-refractivity contribution in [3.8, 4) is 0 Å². The summed E-state index contributed by atoms with van der Waals surface area (Å²) in [5.41, 5.74) is 3.18. The van der Waals surface area contributed by atoms with Crippen LogP contribution in [0.15, 0.2) is 28.7 Å². The monoisotopic (exact) mass is 493 g/mol. The molecule has 0 amide bonds. The maximum absolute atomic E-state index is 13.9. The molecule has 0 radical (unpaired) electrons. The molecule has 0 atom stereocenters. The number of hydrogen-bond donors (Lipinski definition) is 1. The summed E-state index contributed by atoms with van der Waals surface area (Å²) in [5.74, 6) is 0.00132. The second-order valence-corrected chi connectivity index (χ2v) is 6.77. The van der Waals surface area contributed by atoms with Gasteiger partial charge in [-0.25, -0.2) is 13.8 Å². The van der Waals surface area contributed by atoms with E-state index in [9.17, 15) is 8.78 Å². The molecule has 0 aliphatic carbocycles. The fourth-order valence-electron chi connectivity index (χ4n) is 2.87. The Morgan fingerprint density at radius 3 is 2.62 bits per heavy atom. The summed E-state index contributed by atoms with van der Waals surface area (Å²) in [6.45, 7) is 5.28. The number of piperazine rings is 1. The maximum Gasteiger partial charge on any atom is 0.194 e. The smallest absolute Gasteiger partial charge is 0.194 e. The van der Waals surface area contributed by atoms with Crippen molar-refractivity contribution in [1.82, 2.24) is 15.2 Å². The standard InChI is InChI=1S/C17H21F2N5S.HI/c1-12-16(25-11-22-12)10-21-17(20-2)24-7-5-23(6-8-24)15-9-13(18)3-4-14(15)19;/h3-4,9,11H,5-8,10H2,1-2H3,(H,20,21);1H. The topological polar surface area (TPSA) is 43.8 Å². The van der Waals surface area contributed by atoms with E-state index in [-0.39, 0.29) is 24.0 Å². The first-order valence-corrected chi connectivity index (χ1v) is 9.01. The van der Waals surface area contributed by atoms with Gasteiger partial charge in [0.25, 0.3) is 0 Å². The highest BCUT2D eigenvalue weighted by Gasteiger charge is 2.22. The molecule has 0 saturated carbocycles. The summed E-state index contributed by atoms with van der Waals surface area (Å²) in [7, 11) is 1.75. The van der Waals surface area contributed by atoms with Crippen LogP contribution in [0, 0.1) is 18.6 Å². The lowest BCUT2D eigenvalue weighted by molar-refractivity contribution is 0.370. The zero-order valence-electron chi connectivity index (χ0n) is 14.7. The van der Waals surface area contributed by atoms with Crippen molar-refractivity contribution in [2.45, 2.75) is 13.5 Å². The average molecular weight is 493 g/mol. The molecule has 1 aliphatic heterocycles. The molecule has 1 aliphatic rings. The first-order valence-electron chi connectivity index (χ1n) is 8.13. The summed E-state index contributed by atoms with van der Waals surface area (Å²) in [6.07, 6.45) is 0. The van der Waals surface area contributed by atoms with Crippen LogP contribution in [0.4, 0.5) is 14.5 Å². The van der Waals surface area contributed by atoms with E-state index in [2.05, 4.69) is 20.2 Å². The molecule has 9 heteroatoms. The number of thiazole rings is 1. The summed E-state index contributed by atoms with van der Waals surface area (Å²) in [6, 6.07) is 3.57. The van der Waals surface area contributed by atoms with Gasteiger partial charge in [0.2, 0.25) is 0 Å². The average Bonchev–Trinajstić information content (AvgIpc) is 3.03. The molecule has 0 spiro atoms. The second-order valence-electron chi connectivity index (χ2n) is 5.83. The number of aromatic nitrogens is 1. The van der Waals surface area contributed by atoms with Crippen LogP contribution >= 0.6 is 35.3 Å².